The Bertz CT molecular complexity index is 2970. The van der Waals surface area contributed by atoms with Gasteiger partial charge in [-0.15, -0.1) is 0 Å². The topological polar surface area (TPSA) is 231 Å². The average Bonchev–Trinajstić information content (AvgIpc) is 0.892. The molecule has 0 amide bonds. The third kappa shape index (κ3) is 97.1. The Balaban J connectivity index is 4.61. The maximum absolute atomic E-state index is 13.1. The number of aliphatic hydroxyl groups excluding tert-OH is 2. The van der Waals surface area contributed by atoms with E-state index in [0.717, 1.165) is 180 Å². The summed E-state index contributed by atoms with van der Waals surface area (Å²) in [5.74, 6) is -1.57. The number of carbonyl (C=O) groups is 3. The van der Waals surface area contributed by atoms with Crippen LogP contribution in [0.25, 0.3) is 0 Å². The lowest BCUT2D eigenvalue weighted by atomic mass is 10.0. The zero-order valence-corrected chi connectivity index (χ0v) is 79.6. The zero-order chi connectivity index (χ0) is 89.3. The van der Waals surface area contributed by atoms with Crippen molar-refractivity contribution < 1.29 is 75.8 Å². The van der Waals surface area contributed by atoms with Crippen LogP contribution in [0.1, 0.15) is 406 Å². The first kappa shape index (κ1) is 118. The molecule has 0 aliphatic heterocycles. The van der Waals surface area contributed by atoms with Crippen LogP contribution in [-0.2, 0) is 55.8 Å². The number of hydrogen-bond donors (Lipinski definition) is 4. The van der Waals surface area contributed by atoms with Crippen molar-refractivity contribution in [1.82, 2.24) is 0 Å². The van der Waals surface area contributed by atoms with Gasteiger partial charge >= 0.3 is 33.6 Å². The summed E-state index contributed by atoms with van der Waals surface area (Å²) < 4.78 is 61.6. The molecule has 0 fully saturated rings. The highest BCUT2D eigenvalue weighted by Gasteiger charge is 2.30. The fourth-order valence-electron chi connectivity index (χ4n) is 13.3. The SMILES string of the molecule is CC/C=C\C/C=C\C/C=C\C/C=C\C/C=C\CCCCCCCCCCCCCCCCCCCC(=O)OCC(O)COP(=O)(O)OCC(O)COP(=O)(O)OCC(COC(=O)CCCCCCCCCCCCC/C=C\C/C=C\C/C=C\C/C=C\C/C=C\CC)OC(=O)CCCCCCCCCCCCC/C=C\C/C=C\C/C=C\C/C=C\C/C=C\CC. The van der Waals surface area contributed by atoms with Gasteiger partial charge in [-0.3, -0.25) is 32.5 Å². The molecule has 0 aliphatic carbocycles. The van der Waals surface area contributed by atoms with Crippen LogP contribution in [0.2, 0.25) is 0 Å². The van der Waals surface area contributed by atoms with E-state index in [0.29, 0.717) is 19.3 Å². The maximum Gasteiger partial charge on any atom is 0.472 e. The third-order valence-corrected chi connectivity index (χ3v) is 22.5. The minimum absolute atomic E-state index is 0.0954. The Labute approximate surface area is 751 Å². The molecule has 0 aromatic carbocycles. The Morgan fingerprint density at radius 3 is 0.642 bits per heavy atom. The molecule has 0 aliphatic rings. The fourth-order valence-corrected chi connectivity index (χ4v) is 14.9. The molecule has 704 valence electrons. The van der Waals surface area contributed by atoms with E-state index in [-0.39, 0.29) is 19.3 Å². The smallest absolute Gasteiger partial charge is 0.463 e. The van der Waals surface area contributed by atoms with Crippen LogP contribution in [0, 0.1) is 0 Å². The molecular formula is C105H178O16P2. The number of phosphoric acid groups is 2. The van der Waals surface area contributed by atoms with Crippen LogP contribution >= 0.6 is 15.6 Å². The summed E-state index contributed by atoms with van der Waals surface area (Å²) in [6, 6.07) is 0. The van der Waals surface area contributed by atoms with Crippen molar-refractivity contribution in [3.8, 4) is 0 Å². The predicted octanol–water partition coefficient (Wildman–Crippen LogP) is 30.8. The van der Waals surface area contributed by atoms with E-state index in [1.807, 2.05) is 0 Å². The highest BCUT2D eigenvalue weighted by Crippen LogP contribution is 2.45. The summed E-state index contributed by atoms with van der Waals surface area (Å²) in [6.07, 6.45) is 127. The number of allylic oxidation sites excluding steroid dienone is 30. The Hall–Kier alpha value is -5.35. The summed E-state index contributed by atoms with van der Waals surface area (Å²) >= 11 is 0. The van der Waals surface area contributed by atoms with Crippen LogP contribution in [0.15, 0.2) is 182 Å². The van der Waals surface area contributed by atoms with Gasteiger partial charge < -0.3 is 34.2 Å². The highest BCUT2D eigenvalue weighted by atomic mass is 31.2. The maximum atomic E-state index is 13.1. The fraction of sp³-hybridized carbons (Fsp3) is 0.686. The molecule has 5 unspecified atom stereocenters. The molecule has 18 heteroatoms. The monoisotopic (exact) mass is 1760 g/mol. The predicted molar refractivity (Wildman–Crippen MR) is 518 cm³/mol. The molecule has 5 atom stereocenters. The minimum atomic E-state index is -4.95. The average molecular weight is 1760 g/mol. The molecule has 0 bridgehead atoms. The molecule has 0 aromatic rings. The van der Waals surface area contributed by atoms with Crippen LogP contribution in [-0.4, -0.2) is 95.9 Å². The van der Waals surface area contributed by atoms with Crippen LogP contribution in [0.4, 0.5) is 0 Å². The first-order valence-electron chi connectivity index (χ1n) is 49.1. The minimum Gasteiger partial charge on any atom is -0.463 e. The van der Waals surface area contributed by atoms with E-state index in [1.165, 1.54) is 167 Å². The van der Waals surface area contributed by atoms with Gasteiger partial charge in [0.05, 0.1) is 26.4 Å². The lowest BCUT2D eigenvalue weighted by molar-refractivity contribution is -0.161. The van der Waals surface area contributed by atoms with Gasteiger partial charge in [0.15, 0.2) is 6.10 Å². The van der Waals surface area contributed by atoms with Gasteiger partial charge in [0.25, 0.3) is 0 Å². The zero-order valence-electron chi connectivity index (χ0n) is 77.8. The summed E-state index contributed by atoms with van der Waals surface area (Å²) in [6.45, 7) is 2.40. The van der Waals surface area contributed by atoms with Gasteiger partial charge in [-0.1, -0.05) is 415 Å². The summed E-state index contributed by atoms with van der Waals surface area (Å²) in [5, 5.41) is 20.8. The van der Waals surface area contributed by atoms with Crippen molar-refractivity contribution in [3.05, 3.63) is 182 Å². The van der Waals surface area contributed by atoms with E-state index < -0.39 is 91.5 Å². The number of hydrogen-bond acceptors (Lipinski definition) is 14. The van der Waals surface area contributed by atoms with Crippen molar-refractivity contribution in [2.75, 3.05) is 39.6 Å². The molecule has 0 aromatic heterocycles. The number of esters is 3. The van der Waals surface area contributed by atoms with Gasteiger partial charge in [-0.25, -0.2) is 9.13 Å². The number of aliphatic hydroxyl groups is 2. The molecule has 0 saturated heterocycles. The quantitative estimate of drug-likeness (QED) is 0.0146. The molecule has 4 N–H and O–H groups in total. The van der Waals surface area contributed by atoms with Crippen molar-refractivity contribution in [2.45, 2.75) is 424 Å². The van der Waals surface area contributed by atoms with Crippen LogP contribution < -0.4 is 0 Å². The molecule has 0 saturated carbocycles. The van der Waals surface area contributed by atoms with E-state index in [4.69, 9.17) is 32.3 Å². The first-order valence-corrected chi connectivity index (χ1v) is 52.1. The molecule has 0 rings (SSSR count). The standard InChI is InChI=1S/C105H178O16P2/c1-4-7-10-13-16-19-22-25-28-31-34-37-40-43-46-47-48-49-50-51-54-56-58-61-64-67-70-73-76-79-82-85-88-91-103(108)115-94-100(106)95-117-122(111,112)118-96-101(107)97-119-123(113,114)120-99-102(121-105(110)93-90-87-84-81-78-75-72-69-66-63-60-57-53-45-42-39-36-33-30-27-24-21-18-15-12-9-6-3)98-116-104(109)92-89-86-83-80-77-74-71-68-65-62-59-55-52-44-41-38-35-32-29-26-23-20-17-14-11-8-5-2/h7-12,16-21,25-30,34-39,43-46,52-53,100-102,106-107H,4-6,13-15,22-24,31-33,40-42,47-51,54-99H2,1-3H3,(H,111,112)(H,113,114)/b10-7-,11-8-,12-9-,19-16-,20-17-,21-18-,28-25-,29-26-,30-27-,37-34-,38-35-,39-36-,46-43-,52-44-,53-45-. The number of unbranched alkanes of at least 4 members (excludes halogenated alkanes) is 39. The number of phosphoric ester groups is 2. The van der Waals surface area contributed by atoms with Gasteiger partial charge in [-0.05, 0) is 154 Å². The summed E-state index contributed by atoms with van der Waals surface area (Å²) in [5.41, 5.74) is 0. The van der Waals surface area contributed by atoms with Crippen LogP contribution in [0.3, 0.4) is 0 Å². The van der Waals surface area contributed by atoms with E-state index >= 15 is 0 Å². The molecule has 123 heavy (non-hydrogen) atoms. The molecule has 0 radical (unpaired) electrons. The van der Waals surface area contributed by atoms with Crippen LogP contribution in [0.5, 0.6) is 0 Å². The van der Waals surface area contributed by atoms with Crippen molar-refractivity contribution in [3.63, 3.8) is 0 Å². The van der Waals surface area contributed by atoms with E-state index in [2.05, 4.69) is 203 Å². The molecule has 16 nitrogen and oxygen atoms in total. The van der Waals surface area contributed by atoms with Gasteiger partial charge in [-0.2, -0.15) is 0 Å². The van der Waals surface area contributed by atoms with Crippen molar-refractivity contribution >= 4 is 33.6 Å². The first-order chi connectivity index (χ1) is 60.2. The summed E-state index contributed by atoms with van der Waals surface area (Å²) in [4.78, 5) is 59.2. The Morgan fingerprint density at radius 2 is 0.407 bits per heavy atom. The third-order valence-electron chi connectivity index (χ3n) is 20.6. The second kappa shape index (κ2) is 95.7. The van der Waals surface area contributed by atoms with Gasteiger partial charge in [0, 0.05) is 19.3 Å². The van der Waals surface area contributed by atoms with E-state index in [1.54, 1.807) is 0 Å². The normalized spacial score (nSPS) is 14.5. The van der Waals surface area contributed by atoms with Crippen molar-refractivity contribution in [1.29, 1.82) is 0 Å². The van der Waals surface area contributed by atoms with E-state index in [9.17, 15) is 43.5 Å². The molecule has 0 heterocycles. The highest BCUT2D eigenvalue weighted by molar-refractivity contribution is 7.47. The van der Waals surface area contributed by atoms with Gasteiger partial charge in [0.1, 0.15) is 25.4 Å². The molecule has 0 spiro atoms. The second-order valence-electron chi connectivity index (χ2n) is 32.4. The molecular weight excluding hydrogens is 1580 g/mol. The summed E-state index contributed by atoms with van der Waals surface area (Å²) in [7, 11) is -9.82. The number of rotatable bonds is 92. The lowest BCUT2D eigenvalue weighted by Gasteiger charge is -2.21. The van der Waals surface area contributed by atoms with Gasteiger partial charge in [0.2, 0.25) is 0 Å². The largest absolute Gasteiger partial charge is 0.472 e. The Kier molecular flexibility index (Phi) is 91.6. The lowest BCUT2D eigenvalue weighted by Crippen LogP contribution is -2.30. The number of carbonyl (C=O) groups excluding carboxylic acids is 3. The van der Waals surface area contributed by atoms with Crippen molar-refractivity contribution in [2.24, 2.45) is 0 Å². The second-order valence-corrected chi connectivity index (χ2v) is 35.3. The number of ether oxygens (including phenoxy) is 3. The Morgan fingerprint density at radius 1 is 0.228 bits per heavy atom.